The Labute approximate surface area is 134 Å². The second kappa shape index (κ2) is 8.40. The van der Waals surface area contributed by atoms with Gasteiger partial charge in [0.1, 0.15) is 0 Å². The second-order valence-corrected chi connectivity index (χ2v) is 6.20. The van der Waals surface area contributed by atoms with Gasteiger partial charge in [0.05, 0.1) is 12.1 Å². The van der Waals surface area contributed by atoms with Crippen LogP contribution in [0.25, 0.3) is 0 Å². The van der Waals surface area contributed by atoms with Crippen molar-refractivity contribution in [3.05, 3.63) is 35.4 Å². The van der Waals surface area contributed by atoms with Crippen molar-refractivity contribution in [3.8, 4) is 0 Å². The molecule has 0 bridgehead atoms. The van der Waals surface area contributed by atoms with Crippen LogP contribution < -0.4 is 10.6 Å². The van der Waals surface area contributed by atoms with E-state index >= 15 is 0 Å². The van der Waals surface area contributed by atoms with Gasteiger partial charge in [-0.05, 0) is 49.8 Å². The lowest BCUT2D eigenvalue weighted by Crippen LogP contribution is -2.42. The Morgan fingerprint density at radius 1 is 1.38 bits per heavy atom. The van der Waals surface area contributed by atoms with Crippen molar-refractivity contribution in [1.29, 1.82) is 0 Å². The third kappa shape index (κ3) is 5.01. The van der Waals surface area contributed by atoms with Gasteiger partial charge in [-0.25, -0.2) is 0 Å². The van der Waals surface area contributed by atoms with Crippen LogP contribution in [-0.4, -0.2) is 18.5 Å². The summed E-state index contributed by atoms with van der Waals surface area (Å²) in [5, 5.41) is 6.52. The summed E-state index contributed by atoms with van der Waals surface area (Å²) in [6.45, 7) is 7.47. The molecule has 1 aromatic carbocycles. The summed E-state index contributed by atoms with van der Waals surface area (Å²) in [5.41, 5.74) is 2.49. The molecular weight excluding hydrogens is 284 g/mol. The Morgan fingerprint density at radius 2 is 2.10 bits per heavy atom. The average Bonchev–Trinajstić information content (AvgIpc) is 2.92. The molecule has 0 aromatic heterocycles. The lowest BCUT2D eigenvalue weighted by molar-refractivity contribution is -0.123. The third-order valence-corrected chi connectivity index (χ3v) is 3.96. The number of aryl methyl sites for hydroxylation is 1. The van der Waals surface area contributed by atoms with Crippen molar-refractivity contribution >= 4 is 18.3 Å². The van der Waals surface area contributed by atoms with Gasteiger partial charge in [0.25, 0.3) is 0 Å². The summed E-state index contributed by atoms with van der Waals surface area (Å²) in [4.78, 5) is 12.3. The normalized spacial score (nSPS) is 19.1. The quantitative estimate of drug-likeness (QED) is 0.875. The number of hydrogen-bond acceptors (Lipinski definition) is 2. The van der Waals surface area contributed by atoms with Gasteiger partial charge in [0.2, 0.25) is 5.91 Å². The Morgan fingerprint density at radius 3 is 2.67 bits per heavy atom. The molecule has 0 saturated carbocycles. The number of halogens is 1. The fourth-order valence-corrected chi connectivity index (χ4v) is 2.89. The topological polar surface area (TPSA) is 41.1 Å². The highest BCUT2D eigenvalue weighted by molar-refractivity contribution is 5.85. The number of rotatable bonds is 5. The first-order valence-corrected chi connectivity index (χ1v) is 7.67. The number of amides is 1. The molecule has 2 atom stereocenters. The minimum absolute atomic E-state index is 0. The maximum absolute atomic E-state index is 12.3. The van der Waals surface area contributed by atoms with Gasteiger partial charge < -0.3 is 10.6 Å². The molecule has 1 saturated heterocycles. The number of nitrogens with one attached hydrogen (secondary N) is 2. The average molecular weight is 311 g/mol. The summed E-state index contributed by atoms with van der Waals surface area (Å²) in [6, 6.07) is 8.45. The lowest BCUT2D eigenvalue weighted by atomic mass is 9.93. The Hall–Kier alpha value is -1.06. The fourth-order valence-electron chi connectivity index (χ4n) is 2.89. The Kier molecular flexibility index (Phi) is 7.20. The molecule has 1 aliphatic rings. The van der Waals surface area contributed by atoms with E-state index in [0.717, 1.165) is 25.8 Å². The van der Waals surface area contributed by atoms with Crippen LogP contribution in [0.1, 0.15) is 50.3 Å². The van der Waals surface area contributed by atoms with E-state index in [9.17, 15) is 4.79 Å². The number of hydrogen-bond donors (Lipinski definition) is 2. The van der Waals surface area contributed by atoms with Crippen LogP contribution in [0.2, 0.25) is 0 Å². The van der Waals surface area contributed by atoms with Gasteiger partial charge in [-0.1, -0.05) is 38.1 Å². The highest BCUT2D eigenvalue weighted by atomic mass is 35.5. The van der Waals surface area contributed by atoms with Crippen LogP contribution in [0.15, 0.2) is 24.3 Å². The van der Waals surface area contributed by atoms with Crippen molar-refractivity contribution in [2.75, 3.05) is 6.54 Å². The van der Waals surface area contributed by atoms with Gasteiger partial charge in [-0.2, -0.15) is 0 Å². The molecule has 1 aromatic rings. The smallest absolute Gasteiger partial charge is 0.237 e. The fraction of sp³-hybridized carbons (Fsp3) is 0.588. The van der Waals surface area contributed by atoms with Gasteiger partial charge in [-0.15, -0.1) is 12.4 Å². The summed E-state index contributed by atoms with van der Waals surface area (Å²) in [7, 11) is 0. The van der Waals surface area contributed by atoms with Gasteiger partial charge in [0.15, 0.2) is 0 Å². The first-order chi connectivity index (χ1) is 9.58. The molecule has 2 rings (SSSR count). The summed E-state index contributed by atoms with van der Waals surface area (Å²) >= 11 is 0. The van der Waals surface area contributed by atoms with E-state index in [1.165, 1.54) is 11.1 Å². The maximum Gasteiger partial charge on any atom is 0.237 e. The number of carbonyl (C=O) groups excluding carboxylic acids is 1. The molecular formula is C17H27ClN2O. The van der Waals surface area contributed by atoms with Gasteiger partial charge in [0, 0.05) is 0 Å². The van der Waals surface area contributed by atoms with Crippen molar-refractivity contribution < 1.29 is 4.79 Å². The first kappa shape index (κ1) is 18.0. The van der Waals surface area contributed by atoms with Crippen LogP contribution >= 0.6 is 12.4 Å². The van der Waals surface area contributed by atoms with E-state index in [1.54, 1.807) is 0 Å². The van der Waals surface area contributed by atoms with E-state index in [0.29, 0.717) is 5.92 Å². The van der Waals surface area contributed by atoms with Gasteiger partial charge >= 0.3 is 0 Å². The highest BCUT2D eigenvalue weighted by Gasteiger charge is 2.25. The molecule has 0 radical (unpaired) electrons. The van der Waals surface area contributed by atoms with Crippen molar-refractivity contribution in [3.63, 3.8) is 0 Å². The molecule has 1 aliphatic heterocycles. The molecule has 0 aliphatic carbocycles. The summed E-state index contributed by atoms with van der Waals surface area (Å²) < 4.78 is 0. The Balaban J connectivity index is 0.00000220. The Bertz CT molecular complexity index is 456. The summed E-state index contributed by atoms with van der Waals surface area (Å²) in [6.07, 6.45) is 3.02. The minimum Gasteiger partial charge on any atom is -0.348 e. The molecule has 3 nitrogen and oxygen atoms in total. The van der Waals surface area contributed by atoms with Crippen molar-refractivity contribution in [2.24, 2.45) is 5.92 Å². The van der Waals surface area contributed by atoms with Crippen LogP contribution in [0, 0.1) is 12.8 Å². The highest BCUT2D eigenvalue weighted by Crippen LogP contribution is 2.24. The molecule has 2 unspecified atom stereocenters. The molecule has 1 heterocycles. The number of benzene rings is 1. The van der Waals surface area contributed by atoms with E-state index in [1.807, 2.05) is 6.07 Å². The van der Waals surface area contributed by atoms with Crippen LogP contribution in [-0.2, 0) is 4.79 Å². The van der Waals surface area contributed by atoms with E-state index in [4.69, 9.17) is 0 Å². The first-order valence-electron chi connectivity index (χ1n) is 7.67. The zero-order valence-corrected chi connectivity index (χ0v) is 14.0. The predicted octanol–water partition coefficient (Wildman–Crippen LogP) is 3.37. The monoisotopic (exact) mass is 310 g/mol. The van der Waals surface area contributed by atoms with Crippen LogP contribution in [0.3, 0.4) is 0 Å². The molecule has 2 N–H and O–H groups in total. The SMILES string of the molecule is Cc1ccccc1C(CC(C)C)NC(=O)C1CCCN1.Cl. The van der Waals surface area contributed by atoms with E-state index in [-0.39, 0.29) is 30.4 Å². The third-order valence-electron chi connectivity index (χ3n) is 3.96. The van der Waals surface area contributed by atoms with Gasteiger partial charge in [-0.3, -0.25) is 4.79 Å². The zero-order chi connectivity index (χ0) is 14.5. The lowest BCUT2D eigenvalue weighted by Gasteiger charge is -2.24. The molecule has 1 amide bonds. The molecule has 4 heteroatoms. The van der Waals surface area contributed by atoms with Crippen molar-refractivity contribution in [2.45, 2.75) is 52.1 Å². The minimum atomic E-state index is -0.00585. The zero-order valence-electron chi connectivity index (χ0n) is 13.2. The summed E-state index contributed by atoms with van der Waals surface area (Å²) in [5.74, 6) is 0.702. The molecule has 118 valence electrons. The predicted molar refractivity (Wildman–Crippen MR) is 89.8 cm³/mol. The second-order valence-electron chi connectivity index (χ2n) is 6.20. The molecule has 0 spiro atoms. The van der Waals surface area contributed by atoms with Crippen LogP contribution in [0.4, 0.5) is 0 Å². The largest absolute Gasteiger partial charge is 0.348 e. The van der Waals surface area contributed by atoms with E-state index in [2.05, 4.69) is 49.6 Å². The van der Waals surface area contributed by atoms with Crippen molar-refractivity contribution in [1.82, 2.24) is 10.6 Å². The molecule has 21 heavy (non-hydrogen) atoms. The number of carbonyl (C=O) groups is 1. The maximum atomic E-state index is 12.3. The molecule has 1 fully saturated rings. The van der Waals surface area contributed by atoms with E-state index < -0.39 is 0 Å². The van der Waals surface area contributed by atoms with Crippen LogP contribution in [0.5, 0.6) is 0 Å². The standard InChI is InChI=1S/C17H26N2O.ClH/c1-12(2)11-16(14-8-5-4-7-13(14)3)19-17(20)15-9-6-10-18-15;/h4-5,7-8,12,15-16,18H,6,9-11H2,1-3H3,(H,19,20);1H.